The van der Waals surface area contributed by atoms with Crippen LogP contribution in [0.4, 0.5) is 4.79 Å². The molecule has 3 rings (SSSR count). The number of urea groups is 1. The molecule has 2 aliphatic rings. The summed E-state index contributed by atoms with van der Waals surface area (Å²) in [7, 11) is -4.73. The number of carbonyl (C=O) groups is 5. The molecule has 0 bridgehead atoms. The molecular weight excluding hydrogens is 470 g/mol. The average molecular weight is 496 g/mol. The molecule has 0 radical (unpaired) electrons. The molecule has 2 fully saturated rings. The van der Waals surface area contributed by atoms with Crippen LogP contribution < -0.4 is 10.6 Å². The first kappa shape index (κ1) is 25.1. The zero-order chi connectivity index (χ0) is 25.2. The van der Waals surface area contributed by atoms with Crippen LogP contribution in [0.3, 0.4) is 0 Å². The van der Waals surface area contributed by atoms with Crippen molar-refractivity contribution in [3.8, 4) is 0 Å². The summed E-state index contributed by atoms with van der Waals surface area (Å²) in [4.78, 5) is 65.1. The molecule has 1 aromatic rings. The summed E-state index contributed by atoms with van der Waals surface area (Å²) in [6.45, 7) is 3.47. The van der Waals surface area contributed by atoms with E-state index in [0.29, 0.717) is 18.5 Å². The van der Waals surface area contributed by atoms with Crippen LogP contribution in [-0.4, -0.2) is 88.5 Å². The van der Waals surface area contributed by atoms with Crippen LogP contribution in [0.15, 0.2) is 30.3 Å². The van der Waals surface area contributed by atoms with Gasteiger partial charge in [-0.2, -0.15) is 8.42 Å². The Hall–Kier alpha value is -3.52. The summed E-state index contributed by atoms with van der Waals surface area (Å²) in [6.07, 6.45) is 0.382. The summed E-state index contributed by atoms with van der Waals surface area (Å²) < 4.78 is 31.4. The number of hydrogen-bond acceptors (Lipinski definition) is 7. The lowest BCUT2D eigenvalue weighted by Gasteiger charge is -2.39. The van der Waals surface area contributed by atoms with E-state index in [-0.39, 0.29) is 10.8 Å². The summed E-state index contributed by atoms with van der Waals surface area (Å²) in [6, 6.07) is 3.85. The van der Waals surface area contributed by atoms with Crippen molar-refractivity contribution in [2.24, 2.45) is 0 Å². The second-order valence-corrected chi connectivity index (χ2v) is 9.12. The topological polar surface area (TPSA) is 173 Å². The second kappa shape index (κ2) is 9.77. The highest BCUT2D eigenvalue weighted by Gasteiger charge is 2.46. The van der Waals surface area contributed by atoms with E-state index < -0.39 is 64.6 Å². The third-order valence-corrected chi connectivity index (χ3v) is 6.59. The Morgan fingerprint density at radius 2 is 1.74 bits per heavy atom. The summed E-state index contributed by atoms with van der Waals surface area (Å²) >= 11 is 0. The zero-order valence-corrected chi connectivity index (χ0v) is 19.3. The molecule has 0 aliphatic carbocycles. The molecule has 2 unspecified atom stereocenters. The van der Waals surface area contributed by atoms with E-state index in [1.807, 2.05) is 0 Å². The van der Waals surface area contributed by atoms with Crippen molar-refractivity contribution in [2.45, 2.75) is 38.4 Å². The van der Waals surface area contributed by atoms with Crippen LogP contribution >= 0.6 is 0 Å². The SMILES string of the molecule is CC[C@H]1CN(CC)C(=O)C(=O)N1C(=O)NC(C(=O)NC1CN(S(=O)(=O)O)C1=O)c1ccccc1. The van der Waals surface area contributed by atoms with Gasteiger partial charge in [0.05, 0.1) is 12.6 Å². The maximum Gasteiger partial charge on any atom is 0.362 e. The molecule has 2 saturated heterocycles. The Bertz CT molecular complexity index is 1110. The molecule has 1 aromatic carbocycles. The number of piperazine rings is 1. The first-order chi connectivity index (χ1) is 16.0. The van der Waals surface area contributed by atoms with E-state index in [4.69, 9.17) is 4.55 Å². The molecule has 0 saturated carbocycles. The summed E-state index contributed by atoms with van der Waals surface area (Å²) in [5, 5.41) is 4.79. The molecule has 3 N–H and O–H groups in total. The smallest absolute Gasteiger partial charge is 0.341 e. The Labute approximate surface area is 195 Å². The van der Waals surface area contributed by atoms with Crippen molar-refractivity contribution in [1.29, 1.82) is 0 Å². The fourth-order valence-electron chi connectivity index (χ4n) is 3.77. The molecular formula is C20H25N5O8S. The van der Waals surface area contributed by atoms with E-state index in [9.17, 15) is 32.4 Å². The van der Waals surface area contributed by atoms with Gasteiger partial charge in [-0.3, -0.25) is 28.6 Å². The van der Waals surface area contributed by atoms with Crippen LogP contribution in [0.25, 0.3) is 0 Å². The third kappa shape index (κ3) is 4.87. The van der Waals surface area contributed by atoms with Crippen LogP contribution in [0.5, 0.6) is 0 Å². The van der Waals surface area contributed by atoms with Crippen molar-refractivity contribution in [1.82, 2.24) is 24.7 Å². The molecule has 0 spiro atoms. The number of nitrogens with zero attached hydrogens (tertiary/aromatic N) is 3. The minimum atomic E-state index is -4.73. The quantitative estimate of drug-likeness (QED) is 0.246. The van der Waals surface area contributed by atoms with Gasteiger partial charge in [-0.25, -0.2) is 9.10 Å². The lowest BCUT2D eigenvalue weighted by Crippen LogP contribution is -2.66. The molecule has 34 heavy (non-hydrogen) atoms. The standard InChI is InChI=1S/C20H25N5O8S/c1-3-13-10-23(4-2)18(28)19(29)25(13)20(30)22-15(12-8-6-5-7-9-12)16(26)21-14-11-24(17(14)27)34(31,32)33/h5-9,13-15H,3-4,10-11H2,1-2H3,(H,21,26)(H,22,30)(H,31,32,33)/t13-,14?,15?/m0/s1. The summed E-state index contributed by atoms with van der Waals surface area (Å²) in [5.41, 5.74) is 0.325. The maximum atomic E-state index is 13.1. The minimum absolute atomic E-state index is 0.162. The zero-order valence-electron chi connectivity index (χ0n) is 18.5. The van der Waals surface area contributed by atoms with E-state index in [0.717, 1.165) is 4.90 Å². The number of carbonyl (C=O) groups excluding carboxylic acids is 5. The number of amides is 6. The fraction of sp³-hybridized carbons (Fsp3) is 0.450. The molecule has 0 aromatic heterocycles. The monoisotopic (exact) mass is 495 g/mol. The van der Waals surface area contributed by atoms with Crippen molar-refractivity contribution in [3.63, 3.8) is 0 Å². The van der Waals surface area contributed by atoms with Crippen LogP contribution in [0, 0.1) is 0 Å². The first-order valence-electron chi connectivity index (χ1n) is 10.6. The predicted molar refractivity (Wildman–Crippen MR) is 116 cm³/mol. The molecule has 6 amide bonds. The van der Waals surface area contributed by atoms with Crippen molar-refractivity contribution in [3.05, 3.63) is 35.9 Å². The first-order valence-corrected chi connectivity index (χ1v) is 12.0. The van der Waals surface area contributed by atoms with Gasteiger partial charge in [0, 0.05) is 13.1 Å². The Morgan fingerprint density at radius 1 is 1.09 bits per heavy atom. The van der Waals surface area contributed by atoms with Crippen molar-refractivity contribution in [2.75, 3.05) is 19.6 Å². The number of benzene rings is 1. The van der Waals surface area contributed by atoms with E-state index in [2.05, 4.69) is 10.6 Å². The van der Waals surface area contributed by atoms with Gasteiger partial charge in [-0.1, -0.05) is 37.3 Å². The van der Waals surface area contributed by atoms with Gasteiger partial charge in [0.15, 0.2) is 0 Å². The normalized spacial score (nSPS) is 21.7. The van der Waals surface area contributed by atoms with Gasteiger partial charge in [0.25, 0.3) is 5.91 Å². The fourth-order valence-corrected chi connectivity index (χ4v) is 4.46. The molecule has 2 aliphatic heterocycles. The number of hydrogen-bond donors (Lipinski definition) is 3. The number of imide groups is 1. The van der Waals surface area contributed by atoms with Crippen LogP contribution in [0.2, 0.25) is 0 Å². The van der Waals surface area contributed by atoms with Gasteiger partial charge in [0.2, 0.25) is 5.91 Å². The lowest BCUT2D eigenvalue weighted by molar-refractivity contribution is -0.156. The van der Waals surface area contributed by atoms with Crippen LogP contribution in [0.1, 0.15) is 31.9 Å². The van der Waals surface area contributed by atoms with Crippen molar-refractivity contribution >= 4 is 40.0 Å². The molecule has 14 heteroatoms. The second-order valence-electron chi connectivity index (χ2n) is 7.78. The minimum Gasteiger partial charge on any atom is -0.341 e. The third-order valence-electron chi connectivity index (χ3n) is 5.71. The molecule has 2 heterocycles. The Balaban J connectivity index is 1.80. The average Bonchev–Trinajstić information content (AvgIpc) is 2.80. The number of nitrogens with one attached hydrogen (secondary N) is 2. The highest BCUT2D eigenvalue weighted by atomic mass is 32.2. The lowest BCUT2D eigenvalue weighted by atomic mass is 10.0. The number of likely N-dealkylation sites (N-methyl/N-ethyl adjacent to an activating group) is 1. The van der Waals surface area contributed by atoms with Crippen LogP contribution in [-0.2, 0) is 29.5 Å². The van der Waals surface area contributed by atoms with Gasteiger partial charge in [-0.05, 0) is 18.9 Å². The maximum absolute atomic E-state index is 13.1. The summed E-state index contributed by atoms with van der Waals surface area (Å²) in [5.74, 6) is -3.71. The Morgan fingerprint density at radius 3 is 2.26 bits per heavy atom. The van der Waals surface area contributed by atoms with Crippen molar-refractivity contribution < 1.29 is 36.9 Å². The van der Waals surface area contributed by atoms with Gasteiger partial charge in [-0.15, -0.1) is 0 Å². The predicted octanol–water partition coefficient (Wildman–Crippen LogP) is -0.964. The highest BCUT2D eigenvalue weighted by molar-refractivity contribution is 7.84. The van der Waals surface area contributed by atoms with Gasteiger partial charge in [0.1, 0.15) is 12.1 Å². The highest BCUT2D eigenvalue weighted by Crippen LogP contribution is 2.20. The van der Waals surface area contributed by atoms with E-state index >= 15 is 0 Å². The Kier molecular flexibility index (Phi) is 7.21. The van der Waals surface area contributed by atoms with E-state index in [1.165, 1.54) is 17.0 Å². The molecule has 184 valence electrons. The molecule has 3 atom stereocenters. The number of β-lactam (4-membered cyclic amide) rings is 1. The largest absolute Gasteiger partial charge is 0.362 e. The molecule has 13 nitrogen and oxygen atoms in total. The van der Waals surface area contributed by atoms with E-state index in [1.54, 1.807) is 32.0 Å². The number of rotatable bonds is 7. The van der Waals surface area contributed by atoms with Gasteiger partial charge < -0.3 is 15.5 Å². The van der Waals surface area contributed by atoms with Gasteiger partial charge >= 0.3 is 28.1 Å².